The number of nitrogens with one attached hydrogen (secondary N) is 1. The van der Waals surface area contributed by atoms with Crippen LogP contribution in [0.25, 0.3) is 0 Å². The van der Waals surface area contributed by atoms with E-state index in [4.69, 9.17) is 4.74 Å². The lowest BCUT2D eigenvalue weighted by Gasteiger charge is -2.34. The number of esters is 1. The molecule has 0 amide bonds. The fraction of sp³-hybridized carbons (Fsp3) is 0.364. The normalized spacial score (nSPS) is 25.2. The van der Waals surface area contributed by atoms with E-state index >= 15 is 0 Å². The molecule has 1 saturated heterocycles. The third-order valence-corrected chi connectivity index (χ3v) is 2.47. The molecule has 0 bridgehead atoms. The zero-order valence-corrected chi connectivity index (χ0v) is 8.07. The lowest BCUT2D eigenvalue weighted by molar-refractivity contribution is 0.000743. The molecule has 1 fully saturated rings. The molecule has 0 saturated carbocycles. The number of hydrogen-bond donors (Lipinski definition) is 1. The summed E-state index contributed by atoms with van der Waals surface area (Å²) < 4.78 is 5.28. The summed E-state index contributed by atoms with van der Waals surface area (Å²) in [6, 6.07) is 9.35. The molecule has 1 aliphatic heterocycles. The fourth-order valence-electron chi connectivity index (χ4n) is 1.37. The maximum absolute atomic E-state index is 11.5. The van der Waals surface area contributed by atoms with Gasteiger partial charge in [0.15, 0.2) is 0 Å². The second kappa shape index (κ2) is 3.80. The van der Waals surface area contributed by atoms with Crippen LogP contribution in [-0.2, 0) is 4.74 Å². The van der Waals surface area contributed by atoms with Crippen molar-refractivity contribution in [1.82, 2.24) is 5.32 Å². The quantitative estimate of drug-likeness (QED) is 0.714. The molecule has 14 heavy (non-hydrogen) atoms. The van der Waals surface area contributed by atoms with Crippen molar-refractivity contribution in [2.45, 2.75) is 19.1 Å². The van der Waals surface area contributed by atoms with Crippen molar-refractivity contribution in [2.75, 3.05) is 6.54 Å². The van der Waals surface area contributed by atoms with Crippen LogP contribution < -0.4 is 5.32 Å². The van der Waals surface area contributed by atoms with Crippen molar-refractivity contribution in [3.63, 3.8) is 0 Å². The van der Waals surface area contributed by atoms with Crippen molar-refractivity contribution < 1.29 is 9.53 Å². The Morgan fingerprint density at radius 3 is 2.64 bits per heavy atom. The van der Waals surface area contributed by atoms with Gasteiger partial charge in [-0.2, -0.15) is 0 Å². The van der Waals surface area contributed by atoms with Crippen LogP contribution in [-0.4, -0.2) is 24.7 Å². The van der Waals surface area contributed by atoms with Gasteiger partial charge in [0.1, 0.15) is 6.10 Å². The summed E-state index contributed by atoms with van der Waals surface area (Å²) in [5.74, 6) is -0.232. The van der Waals surface area contributed by atoms with Crippen molar-refractivity contribution in [3.05, 3.63) is 35.9 Å². The van der Waals surface area contributed by atoms with Crippen LogP contribution >= 0.6 is 0 Å². The zero-order chi connectivity index (χ0) is 9.97. The predicted molar refractivity (Wildman–Crippen MR) is 53.1 cm³/mol. The number of hydrogen-bond acceptors (Lipinski definition) is 3. The predicted octanol–water partition coefficient (Wildman–Crippen LogP) is 1.20. The lowest BCUT2D eigenvalue weighted by Crippen LogP contribution is -2.57. The molecule has 0 spiro atoms. The highest BCUT2D eigenvalue weighted by Gasteiger charge is 2.29. The Morgan fingerprint density at radius 2 is 2.14 bits per heavy atom. The number of rotatable bonds is 2. The molecular formula is C11H13NO2. The molecule has 3 nitrogen and oxygen atoms in total. The molecule has 0 aromatic heterocycles. The van der Waals surface area contributed by atoms with E-state index in [1.54, 1.807) is 12.1 Å². The minimum atomic E-state index is -0.232. The summed E-state index contributed by atoms with van der Waals surface area (Å²) in [6.45, 7) is 2.77. The maximum atomic E-state index is 11.5. The van der Waals surface area contributed by atoms with Gasteiger partial charge in [0, 0.05) is 12.6 Å². The topological polar surface area (TPSA) is 38.3 Å². The van der Waals surface area contributed by atoms with Crippen LogP contribution in [0.4, 0.5) is 0 Å². The van der Waals surface area contributed by atoms with Gasteiger partial charge < -0.3 is 10.1 Å². The summed E-state index contributed by atoms with van der Waals surface area (Å²) in [5.41, 5.74) is 0.617. The van der Waals surface area contributed by atoms with E-state index < -0.39 is 0 Å². The molecule has 0 radical (unpaired) electrons. The molecule has 1 heterocycles. The first-order valence-corrected chi connectivity index (χ1v) is 4.77. The fourth-order valence-corrected chi connectivity index (χ4v) is 1.37. The molecule has 2 atom stereocenters. The Labute approximate surface area is 83.1 Å². The molecule has 1 aliphatic rings. The van der Waals surface area contributed by atoms with Crippen LogP contribution in [0.1, 0.15) is 17.3 Å². The Hall–Kier alpha value is -1.35. The molecule has 74 valence electrons. The van der Waals surface area contributed by atoms with Crippen LogP contribution in [0.5, 0.6) is 0 Å². The molecule has 1 aromatic rings. The first kappa shape index (κ1) is 9.21. The summed E-state index contributed by atoms with van der Waals surface area (Å²) in [7, 11) is 0. The van der Waals surface area contributed by atoms with Crippen LogP contribution in [0, 0.1) is 0 Å². The standard InChI is InChI=1S/C11H13NO2/c1-8-10(7-12-8)14-11(13)9-5-3-2-4-6-9/h2-6,8,10,12H,7H2,1H3. The molecule has 1 N–H and O–H groups in total. The SMILES string of the molecule is CC1NCC1OC(=O)c1ccccc1. The van der Waals surface area contributed by atoms with E-state index in [9.17, 15) is 4.79 Å². The Balaban J connectivity index is 1.96. The van der Waals surface area contributed by atoms with Crippen molar-refractivity contribution in [3.8, 4) is 0 Å². The Kier molecular flexibility index (Phi) is 2.50. The van der Waals surface area contributed by atoms with E-state index in [0.29, 0.717) is 5.56 Å². The van der Waals surface area contributed by atoms with Gasteiger partial charge >= 0.3 is 5.97 Å². The largest absolute Gasteiger partial charge is 0.456 e. The van der Waals surface area contributed by atoms with Gasteiger partial charge in [0.2, 0.25) is 0 Å². The first-order chi connectivity index (χ1) is 6.77. The summed E-state index contributed by atoms with van der Waals surface area (Å²) in [6.07, 6.45) is 0.0303. The maximum Gasteiger partial charge on any atom is 0.338 e. The van der Waals surface area contributed by atoms with E-state index in [1.165, 1.54) is 0 Å². The molecular weight excluding hydrogens is 178 g/mol. The number of benzene rings is 1. The highest BCUT2D eigenvalue weighted by molar-refractivity contribution is 5.89. The highest BCUT2D eigenvalue weighted by Crippen LogP contribution is 2.11. The van der Waals surface area contributed by atoms with Crippen molar-refractivity contribution in [1.29, 1.82) is 0 Å². The molecule has 2 unspecified atom stereocenters. The molecule has 0 aliphatic carbocycles. The molecule has 2 rings (SSSR count). The minimum Gasteiger partial charge on any atom is -0.456 e. The number of ether oxygens (including phenoxy) is 1. The summed E-state index contributed by atoms with van der Waals surface area (Å²) >= 11 is 0. The first-order valence-electron chi connectivity index (χ1n) is 4.77. The second-order valence-corrected chi connectivity index (χ2v) is 3.51. The lowest BCUT2D eigenvalue weighted by atomic mass is 10.1. The average Bonchev–Trinajstić information content (AvgIpc) is 2.24. The van der Waals surface area contributed by atoms with Crippen LogP contribution in [0.3, 0.4) is 0 Å². The average molecular weight is 191 g/mol. The van der Waals surface area contributed by atoms with E-state index in [1.807, 2.05) is 25.1 Å². The Morgan fingerprint density at radius 1 is 1.43 bits per heavy atom. The molecule has 1 aromatic carbocycles. The summed E-state index contributed by atoms with van der Waals surface area (Å²) in [4.78, 5) is 11.5. The van der Waals surface area contributed by atoms with Gasteiger partial charge in [-0.25, -0.2) is 4.79 Å². The monoisotopic (exact) mass is 191 g/mol. The van der Waals surface area contributed by atoms with E-state index in [0.717, 1.165) is 6.54 Å². The highest BCUT2D eigenvalue weighted by atomic mass is 16.5. The van der Waals surface area contributed by atoms with E-state index in [2.05, 4.69) is 5.32 Å². The van der Waals surface area contributed by atoms with Crippen LogP contribution in [0.15, 0.2) is 30.3 Å². The minimum absolute atomic E-state index is 0.0303. The zero-order valence-electron chi connectivity index (χ0n) is 8.07. The Bertz CT molecular complexity index is 323. The second-order valence-electron chi connectivity index (χ2n) is 3.51. The van der Waals surface area contributed by atoms with Gasteiger partial charge in [0.05, 0.1) is 5.56 Å². The third kappa shape index (κ3) is 1.77. The summed E-state index contributed by atoms with van der Waals surface area (Å²) in [5, 5.41) is 3.14. The third-order valence-electron chi connectivity index (χ3n) is 2.47. The van der Waals surface area contributed by atoms with Gasteiger partial charge in [-0.3, -0.25) is 0 Å². The van der Waals surface area contributed by atoms with Gasteiger partial charge in [-0.1, -0.05) is 18.2 Å². The molecule has 3 heteroatoms. The van der Waals surface area contributed by atoms with Gasteiger partial charge in [0.25, 0.3) is 0 Å². The van der Waals surface area contributed by atoms with E-state index in [-0.39, 0.29) is 18.1 Å². The smallest absolute Gasteiger partial charge is 0.338 e. The van der Waals surface area contributed by atoms with Crippen LogP contribution in [0.2, 0.25) is 0 Å². The number of carbonyl (C=O) groups is 1. The van der Waals surface area contributed by atoms with Gasteiger partial charge in [-0.05, 0) is 19.1 Å². The van der Waals surface area contributed by atoms with Gasteiger partial charge in [-0.15, -0.1) is 0 Å². The number of carbonyl (C=O) groups excluding carboxylic acids is 1. The van der Waals surface area contributed by atoms with Crippen molar-refractivity contribution >= 4 is 5.97 Å². The van der Waals surface area contributed by atoms with Crippen molar-refractivity contribution in [2.24, 2.45) is 0 Å².